The Bertz CT molecular complexity index is 501. The number of aromatic nitrogens is 2. The van der Waals surface area contributed by atoms with E-state index in [1.807, 2.05) is 20.8 Å². The van der Waals surface area contributed by atoms with Crippen LogP contribution in [0.1, 0.15) is 37.9 Å². The Balaban J connectivity index is 2.48. The minimum atomic E-state index is -2.97. The van der Waals surface area contributed by atoms with Crippen LogP contribution >= 0.6 is 0 Å². The van der Waals surface area contributed by atoms with Crippen LogP contribution in [0.3, 0.4) is 0 Å². The van der Waals surface area contributed by atoms with Crippen molar-refractivity contribution in [2.24, 2.45) is 0 Å². The van der Waals surface area contributed by atoms with Crippen molar-refractivity contribution in [2.75, 3.05) is 0 Å². The molecule has 5 heteroatoms. The predicted molar refractivity (Wildman–Crippen MR) is 57.1 cm³/mol. The van der Waals surface area contributed by atoms with E-state index in [2.05, 4.69) is 9.97 Å². The molecule has 0 fully saturated rings. The van der Waals surface area contributed by atoms with Gasteiger partial charge in [-0.3, -0.25) is 0 Å². The molecule has 0 aliphatic carbocycles. The lowest BCUT2D eigenvalue weighted by Crippen LogP contribution is -2.16. The minimum Gasteiger partial charge on any atom is -0.240 e. The molecule has 2 rings (SSSR count). The van der Waals surface area contributed by atoms with Crippen molar-refractivity contribution in [3.8, 4) is 0 Å². The number of hydrogen-bond acceptors (Lipinski definition) is 4. The molecule has 0 radical (unpaired) electrons. The summed E-state index contributed by atoms with van der Waals surface area (Å²) in [5, 5.41) is 0. The topological polar surface area (TPSA) is 59.9 Å². The lowest BCUT2D eigenvalue weighted by atomic mass is 9.95. The molecule has 0 spiro atoms. The van der Waals surface area contributed by atoms with E-state index in [1.165, 1.54) is 0 Å². The van der Waals surface area contributed by atoms with Gasteiger partial charge < -0.3 is 0 Å². The van der Waals surface area contributed by atoms with Gasteiger partial charge in [0.25, 0.3) is 0 Å². The third-order valence-electron chi connectivity index (χ3n) is 2.36. The zero-order valence-corrected chi connectivity index (χ0v) is 9.93. The summed E-state index contributed by atoms with van der Waals surface area (Å²) < 4.78 is 22.8. The smallest absolute Gasteiger partial charge is 0.160 e. The van der Waals surface area contributed by atoms with Gasteiger partial charge in [0, 0.05) is 17.2 Å². The van der Waals surface area contributed by atoms with Crippen molar-refractivity contribution in [1.29, 1.82) is 0 Å². The summed E-state index contributed by atoms with van der Waals surface area (Å²) >= 11 is 0. The van der Waals surface area contributed by atoms with Crippen LogP contribution in [0.25, 0.3) is 0 Å². The number of hydrogen-bond donors (Lipinski definition) is 0. The van der Waals surface area contributed by atoms with Crippen molar-refractivity contribution in [3.05, 3.63) is 23.3 Å². The molecule has 0 saturated carbocycles. The Morgan fingerprint density at radius 1 is 1.27 bits per heavy atom. The third-order valence-corrected chi connectivity index (χ3v) is 3.82. The fraction of sp³-hybridized carbons (Fsp3) is 0.600. The van der Waals surface area contributed by atoms with Crippen LogP contribution in [0.5, 0.6) is 0 Å². The van der Waals surface area contributed by atoms with Gasteiger partial charge in [-0.15, -0.1) is 0 Å². The maximum absolute atomic E-state index is 11.4. The summed E-state index contributed by atoms with van der Waals surface area (Å²) in [7, 11) is -2.97. The van der Waals surface area contributed by atoms with E-state index in [4.69, 9.17) is 0 Å². The highest BCUT2D eigenvalue weighted by Crippen LogP contribution is 2.25. The molecule has 1 aliphatic heterocycles. The largest absolute Gasteiger partial charge is 0.240 e. The molecule has 0 N–H and O–H groups in total. The monoisotopic (exact) mass is 226 g/mol. The molecule has 82 valence electrons. The Hall–Kier alpha value is -0.970. The summed E-state index contributed by atoms with van der Waals surface area (Å²) in [6.07, 6.45) is 1.65. The molecule has 0 unspecified atom stereocenters. The van der Waals surface area contributed by atoms with Crippen LogP contribution in [0.15, 0.2) is 6.20 Å². The molecule has 0 amide bonds. The molecular formula is C10H14N2O2S. The zero-order valence-electron chi connectivity index (χ0n) is 9.11. The lowest BCUT2D eigenvalue weighted by Gasteiger charge is -2.16. The van der Waals surface area contributed by atoms with Gasteiger partial charge in [-0.05, 0) is 0 Å². The fourth-order valence-electron chi connectivity index (χ4n) is 1.55. The van der Waals surface area contributed by atoms with Crippen molar-refractivity contribution < 1.29 is 8.42 Å². The molecule has 0 bridgehead atoms. The Labute approximate surface area is 89.7 Å². The average molecular weight is 226 g/mol. The lowest BCUT2D eigenvalue weighted by molar-refractivity contribution is 0.542. The minimum absolute atomic E-state index is 0.0634. The standard InChI is InChI=1S/C10H14N2O2S/c1-10(2,3)9-11-4-7-5-15(13,14)6-8(7)12-9/h4H,5-6H2,1-3H3. The molecule has 15 heavy (non-hydrogen) atoms. The number of nitrogens with zero attached hydrogens (tertiary/aromatic N) is 2. The molecule has 4 nitrogen and oxygen atoms in total. The highest BCUT2D eigenvalue weighted by atomic mass is 32.2. The quantitative estimate of drug-likeness (QED) is 0.667. The molecule has 1 aliphatic rings. The molecular weight excluding hydrogens is 212 g/mol. The zero-order chi connectivity index (χ0) is 11.3. The Morgan fingerprint density at radius 3 is 2.53 bits per heavy atom. The van der Waals surface area contributed by atoms with Crippen molar-refractivity contribution in [1.82, 2.24) is 9.97 Å². The van der Waals surface area contributed by atoms with Gasteiger partial charge in [-0.25, -0.2) is 18.4 Å². The molecule has 0 atom stereocenters. The van der Waals surface area contributed by atoms with Crippen LogP contribution in [-0.4, -0.2) is 18.4 Å². The van der Waals surface area contributed by atoms with Gasteiger partial charge in [0.1, 0.15) is 5.82 Å². The highest BCUT2D eigenvalue weighted by Gasteiger charge is 2.28. The fourth-order valence-corrected chi connectivity index (χ4v) is 3.03. The van der Waals surface area contributed by atoms with Crippen LogP contribution in [0.4, 0.5) is 0 Å². The van der Waals surface area contributed by atoms with Crippen LogP contribution in [-0.2, 0) is 26.8 Å². The van der Waals surface area contributed by atoms with E-state index in [0.717, 1.165) is 5.56 Å². The van der Waals surface area contributed by atoms with Crippen LogP contribution < -0.4 is 0 Å². The first-order valence-corrected chi connectivity index (χ1v) is 6.66. The second-order valence-corrected chi connectivity index (χ2v) is 7.01. The maximum Gasteiger partial charge on any atom is 0.160 e. The molecule has 1 aromatic rings. The predicted octanol–water partition coefficient (Wildman–Crippen LogP) is 1.20. The summed E-state index contributed by atoms with van der Waals surface area (Å²) in [5.41, 5.74) is 1.29. The van der Waals surface area contributed by atoms with Crippen molar-refractivity contribution >= 4 is 9.84 Å². The average Bonchev–Trinajstić information content (AvgIpc) is 2.34. The number of sulfone groups is 1. The van der Waals surface area contributed by atoms with E-state index in [-0.39, 0.29) is 16.9 Å². The second-order valence-electron chi connectivity index (χ2n) is 4.95. The van der Waals surface area contributed by atoms with Gasteiger partial charge in [0.15, 0.2) is 9.84 Å². The van der Waals surface area contributed by atoms with Crippen LogP contribution in [0.2, 0.25) is 0 Å². The van der Waals surface area contributed by atoms with Gasteiger partial charge in [-0.1, -0.05) is 20.8 Å². The molecule has 0 saturated heterocycles. The first-order chi connectivity index (χ1) is 6.78. The normalized spacial score (nSPS) is 18.9. The number of fused-ring (bicyclic) bond motifs is 1. The maximum atomic E-state index is 11.4. The van der Waals surface area contributed by atoms with E-state index in [0.29, 0.717) is 11.5 Å². The summed E-state index contributed by atoms with van der Waals surface area (Å²) in [6, 6.07) is 0. The molecule has 1 aromatic heterocycles. The van der Waals surface area contributed by atoms with E-state index in [1.54, 1.807) is 6.20 Å². The first-order valence-electron chi connectivity index (χ1n) is 4.84. The number of rotatable bonds is 0. The third kappa shape index (κ3) is 2.02. The van der Waals surface area contributed by atoms with Crippen LogP contribution in [0, 0.1) is 0 Å². The summed E-state index contributed by atoms with van der Waals surface area (Å²) in [6.45, 7) is 6.04. The van der Waals surface area contributed by atoms with Gasteiger partial charge in [0.05, 0.1) is 17.2 Å². The van der Waals surface area contributed by atoms with Gasteiger partial charge in [-0.2, -0.15) is 0 Å². The Morgan fingerprint density at radius 2 is 1.93 bits per heavy atom. The van der Waals surface area contributed by atoms with E-state index < -0.39 is 9.84 Å². The van der Waals surface area contributed by atoms with Crippen molar-refractivity contribution in [2.45, 2.75) is 37.7 Å². The highest BCUT2D eigenvalue weighted by molar-refractivity contribution is 7.90. The molecule has 2 heterocycles. The van der Waals surface area contributed by atoms with E-state index in [9.17, 15) is 8.42 Å². The first kappa shape index (κ1) is 10.5. The van der Waals surface area contributed by atoms with Crippen molar-refractivity contribution in [3.63, 3.8) is 0 Å². The summed E-state index contributed by atoms with van der Waals surface area (Å²) in [5.74, 6) is 0.860. The van der Waals surface area contributed by atoms with Gasteiger partial charge in [0.2, 0.25) is 0 Å². The molecule has 0 aromatic carbocycles. The van der Waals surface area contributed by atoms with E-state index >= 15 is 0 Å². The van der Waals surface area contributed by atoms with Gasteiger partial charge >= 0.3 is 0 Å². The summed E-state index contributed by atoms with van der Waals surface area (Å²) in [4.78, 5) is 8.54. The SMILES string of the molecule is CC(C)(C)c1ncc2c(n1)CS(=O)(=O)C2. The second kappa shape index (κ2) is 3.01. The Kier molecular flexibility index (Phi) is 2.12.